The number of imide groups is 2. The van der Waals surface area contributed by atoms with Gasteiger partial charge in [0, 0.05) is 18.1 Å². The first-order valence-corrected chi connectivity index (χ1v) is 7.25. The van der Waals surface area contributed by atoms with Crippen LogP contribution in [-0.2, 0) is 19.8 Å². The number of hydrogen-bond donors (Lipinski definition) is 1. The first-order valence-electron chi connectivity index (χ1n) is 6.87. The van der Waals surface area contributed by atoms with Crippen LogP contribution in [0.1, 0.15) is 19.4 Å². The highest BCUT2D eigenvalue weighted by atomic mass is 35.5. The normalized spacial score (nSPS) is 22.0. The predicted molar refractivity (Wildman–Crippen MR) is 82.5 cm³/mol. The van der Waals surface area contributed by atoms with Gasteiger partial charge in [-0.25, -0.2) is 4.79 Å². The van der Waals surface area contributed by atoms with E-state index in [1.54, 1.807) is 13.8 Å². The van der Waals surface area contributed by atoms with Crippen molar-refractivity contribution >= 4 is 35.4 Å². The molecule has 1 unspecified atom stereocenters. The molecule has 1 aromatic rings. The summed E-state index contributed by atoms with van der Waals surface area (Å²) in [6.45, 7) is 3.21. The number of barbiturate groups is 1. The van der Waals surface area contributed by atoms with Gasteiger partial charge in [0.25, 0.3) is 11.8 Å². The highest BCUT2D eigenvalue weighted by Crippen LogP contribution is 2.34. The Morgan fingerprint density at radius 2 is 1.65 bits per heavy atom. The van der Waals surface area contributed by atoms with Crippen molar-refractivity contribution in [3.63, 3.8) is 0 Å². The van der Waals surface area contributed by atoms with Gasteiger partial charge in [-0.1, -0.05) is 23.7 Å². The van der Waals surface area contributed by atoms with Gasteiger partial charge in [-0.15, -0.1) is 0 Å². The summed E-state index contributed by atoms with van der Waals surface area (Å²) in [6.07, 6.45) is 0. The van der Waals surface area contributed by atoms with Crippen molar-refractivity contribution in [3.05, 3.63) is 34.9 Å². The Hall–Kier alpha value is -2.41. The van der Waals surface area contributed by atoms with E-state index in [4.69, 9.17) is 17.3 Å². The molecule has 8 heteroatoms. The molecule has 0 bridgehead atoms. The number of likely N-dealkylation sites (N-methyl/N-ethyl adjacent to an activating group) is 1. The molecule has 23 heavy (non-hydrogen) atoms. The molecule has 7 nitrogen and oxygen atoms in total. The van der Waals surface area contributed by atoms with Crippen molar-refractivity contribution in [2.45, 2.75) is 25.3 Å². The number of carbonyl (C=O) groups is 4. The Labute approximate surface area is 138 Å². The molecule has 1 aromatic carbocycles. The average Bonchev–Trinajstić information content (AvgIpc) is 2.47. The van der Waals surface area contributed by atoms with Crippen molar-refractivity contribution < 1.29 is 19.2 Å². The molecule has 1 fully saturated rings. The summed E-state index contributed by atoms with van der Waals surface area (Å²) in [5, 5.41) is 0.370. The lowest BCUT2D eigenvalue weighted by molar-refractivity contribution is -0.156. The molecule has 0 spiro atoms. The second-order valence-corrected chi connectivity index (χ2v) is 5.97. The van der Waals surface area contributed by atoms with Gasteiger partial charge >= 0.3 is 6.03 Å². The van der Waals surface area contributed by atoms with Crippen LogP contribution in [0.5, 0.6) is 0 Å². The SMILES string of the molecule is CC(C)N1C(=O)N(C)C(=O)C(C(N)=O)(c2ccc(Cl)cc2)C1=O. The van der Waals surface area contributed by atoms with Crippen LogP contribution >= 0.6 is 11.6 Å². The number of hydrogen-bond acceptors (Lipinski definition) is 4. The summed E-state index contributed by atoms with van der Waals surface area (Å²) >= 11 is 5.82. The van der Waals surface area contributed by atoms with E-state index in [1.807, 2.05) is 0 Å². The summed E-state index contributed by atoms with van der Waals surface area (Å²) in [7, 11) is 1.21. The second kappa shape index (κ2) is 5.66. The minimum absolute atomic E-state index is 0.0781. The smallest absolute Gasteiger partial charge is 0.333 e. The van der Waals surface area contributed by atoms with Crippen molar-refractivity contribution in [3.8, 4) is 0 Å². The second-order valence-electron chi connectivity index (χ2n) is 5.54. The summed E-state index contributed by atoms with van der Waals surface area (Å²) < 4.78 is 0. The van der Waals surface area contributed by atoms with Crippen LogP contribution in [0.3, 0.4) is 0 Å². The highest BCUT2D eigenvalue weighted by Gasteiger charge is 2.62. The number of amides is 5. The van der Waals surface area contributed by atoms with Gasteiger partial charge in [0.2, 0.25) is 11.3 Å². The van der Waals surface area contributed by atoms with Crippen LogP contribution < -0.4 is 5.73 Å². The van der Waals surface area contributed by atoms with Crippen LogP contribution in [0.15, 0.2) is 24.3 Å². The fourth-order valence-corrected chi connectivity index (χ4v) is 2.74. The maximum absolute atomic E-state index is 12.9. The Kier molecular flexibility index (Phi) is 4.17. The van der Waals surface area contributed by atoms with Gasteiger partial charge in [-0.05, 0) is 31.5 Å². The number of nitrogens with two attached hydrogens (primary N) is 1. The van der Waals surface area contributed by atoms with Gasteiger partial charge in [0.15, 0.2) is 0 Å². The summed E-state index contributed by atoms with van der Waals surface area (Å²) in [5.41, 5.74) is 3.24. The van der Waals surface area contributed by atoms with Crippen LogP contribution in [0.25, 0.3) is 0 Å². The Bertz CT molecular complexity index is 701. The molecule has 0 aromatic heterocycles. The van der Waals surface area contributed by atoms with Gasteiger partial charge < -0.3 is 5.73 Å². The van der Waals surface area contributed by atoms with Gasteiger partial charge in [0.1, 0.15) is 0 Å². The van der Waals surface area contributed by atoms with Crippen molar-refractivity contribution in [1.82, 2.24) is 9.80 Å². The summed E-state index contributed by atoms with van der Waals surface area (Å²) in [6, 6.07) is 4.31. The van der Waals surface area contributed by atoms with E-state index >= 15 is 0 Å². The Morgan fingerprint density at radius 1 is 1.13 bits per heavy atom. The van der Waals surface area contributed by atoms with E-state index in [2.05, 4.69) is 0 Å². The Balaban J connectivity index is 2.76. The van der Waals surface area contributed by atoms with E-state index in [-0.39, 0.29) is 5.56 Å². The van der Waals surface area contributed by atoms with Crippen LogP contribution in [0.4, 0.5) is 4.79 Å². The molecule has 1 aliphatic rings. The minimum Gasteiger partial charge on any atom is -0.368 e. The standard InChI is InChI=1S/C15H16ClN3O4/c1-8(2)19-13(22)15(11(17)20,12(21)18(3)14(19)23)9-4-6-10(16)7-5-9/h4-8H,1-3H3,(H2,17,20). The van der Waals surface area contributed by atoms with E-state index in [1.165, 1.54) is 31.3 Å². The van der Waals surface area contributed by atoms with Crippen LogP contribution in [-0.4, -0.2) is 46.6 Å². The van der Waals surface area contributed by atoms with E-state index in [0.717, 1.165) is 9.80 Å². The van der Waals surface area contributed by atoms with Gasteiger partial charge in [-0.3, -0.25) is 24.2 Å². The molecule has 2 rings (SSSR count). The van der Waals surface area contributed by atoms with E-state index in [0.29, 0.717) is 5.02 Å². The third-order valence-electron chi connectivity index (χ3n) is 3.82. The zero-order valence-corrected chi connectivity index (χ0v) is 13.6. The predicted octanol–water partition coefficient (Wildman–Crippen LogP) is 0.892. The summed E-state index contributed by atoms with van der Waals surface area (Å²) in [4.78, 5) is 51.6. The van der Waals surface area contributed by atoms with Crippen LogP contribution in [0, 0.1) is 0 Å². The zero-order chi connectivity index (χ0) is 17.5. The van der Waals surface area contributed by atoms with Crippen molar-refractivity contribution in [2.24, 2.45) is 5.73 Å². The maximum atomic E-state index is 12.9. The molecule has 1 heterocycles. The first kappa shape index (κ1) is 17.0. The quantitative estimate of drug-likeness (QED) is 0.828. The number of carbonyl (C=O) groups excluding carboxylic acids is 4. The number of urea groups is 1. The number of primary amides is 1. The third kappa shape index (κ3) is 2.28. The molecule has 0 aliphatic carbocycles. The fourth-order valence-electron chi connectivity index (χ4n) is 2.61. The molecule has 2 N–H and O–H groups in total. The van der Waals surface area contributed by atoms with Crippen molar-refractivity contribution in [2.75, 3.05) is 7.05 Å². The van der Waals surface area contributed by atoms with Crippen molar-refractivity contribution in [1.29, 1.82) is 0 Å². The molecule has 122 valence electrons. The molecular formula is C15H16ClN3O4. The third-order valence-corrected chi connectivity index (χ3v) is 4.07. The van der Waals surface area contributed by atoms with Crippen LogP contribution in [0.2, 0.25) is 5.02 Å². The lowest BCUT2D eigenvalue weighted by Crippen LogP contribution is -2.71. The lowest BCUT2D eigenvalue weighted by atomic mass is 9.75. The number of rotatable bonds is 3. The largest absolute Gasteiger partial charge is 0.368 e. The number of benzene rings is 1. The fraction of sp³-hybridized carbons (Fsp3) is 0.333. The molecule has 0 saturated carbocycles. The lowest BCUT2D eigenvalue weighted by Gasteiger charge is -2.42. The zero-order valence-electron chi connectivity index (χ0n) is 12.9. The topological polar surface area (TPSA) is 101 Å². The molecule has 1 aliphatic heterocycles. The average molecular weight is 338 g/mol. The van der Waals surface area contributed by atoms with E-state index < -0.39 is 35.2 Å². The summed E-state index contributed by atoms with van der Waals surface area (Å²) in [5.74, 6) is -3.06. The molecule has 1 atom stereocenters. The van der Waals surface area contributed by atoms with Gasteiger partial charge in [-0.2, -0.15) is 0 Å². The Morgan fingerprint density at radius 3 is 2.09 bits per heavy atom. The molecule has 5 amide bonds. The minimum atomic E-state index is -2.28. The first-order chi connectivity index (χ1) is 10.7. The molecular weight excluding hydrogens is 322 g/mol. The van der Waals surface area contributed by atoms with Gasteiger partial charge in [0.05, 0.1) is 0 Å². The number of halogens is 1. The number of nitrogens with zero attached hydrogens (tertiary/aromatic N) is 2. The highest BCUT2D eigenvalue weighted by molar-refractivity contribution is 6.34. The van der Waals surface area contributed by atoms with E-state index in [9.17, 15) is 19.2 Å². The monoisotopic (exact) mass is 337 g/mol. The maximum Gasteiger partial charge on any atom is 0.333 e. The molecule has 1 saturated heterocycles. The molecule has 0 radical (unpaired) electrons.